The van der Waals surface area contributed by atoms with Gasteiger partial charge >= 0.3 is 6.09 Å². The second-order valence-electron chi connectivity index (χ2n) is 8.58. The van der Waals surface area contributed by atoms with E-state index in [0.717, 1.165) is 18.3 Å². The Morgan fingerprint density at radius 3 is 2.41 bits per heavy atom. The summed E-state index contributed by atoms with van der Waals surface area (Å²) in [5, 5.41) is 6.76. The number of rotatable bonds is 3. The molecule has 0 aromatic heterocycles. The summed E-state index contributed by atoms with van der Waals surface area (Å²) < 4.78 is 5.32. The SMILES string of the molecule is CC(C)(C)OC(=O)NC1CC1NC1CCC2CCCCC2C1. The fourth-order valence-electron chi connectivity index (χ4n) is 4.33. The number of fused-ring (bicyclic) bond motifs is 1. The van der Waals surface area contributed by atoms with Gasteiger partial charge in [-0.25, -0.2) is 4.79 Å². The monoisotopic (exact) mass is 308 g/mol. The van der Waals surface area contributed by atoms with E-state index in [1.807, 2.05) is 20.8 Å². The Bertz CT molecular complexity index is 404. The Morgan fingerprint density at radius 1 is 0.955 bits per heavy atom. The highest BCUT2D eigenvalue weighted by molar-refractivity contribution is 5.68. The van der Waals surface area contributed by atoms with E-state index in [2.05, 4.69) is 10.6 Å². The van der Waals surface area contributed by atoms with Gasteiger partial charge in [-0.1, -0.05) is 25.7 Å². The van der Waals surface area contributed by atoms with Gasteiger partial charge in [-0.05, 0) is 58.3 Å². The lowest BCUT2D eigenvalue weighted by Crippen LogP contribution is -2.42. The highest BCUT2D eigenvalue weighted by Gasteiger charge is 2.42. The molecule has 3 aliphatic rings. The van der Waals surface area contributed by atoms with Crippen LogP contribution >= 0.6 is 0 Å². The zero-order valence-corrected chi connectivity index (χ0v) is 14.4. The molecule has 3 fully saturated rings. The first-order chi connectivity index (χ1) is 10.4. The summed E-state index contributed by atoms with van der Waals surface area (Å²) in [5.74, 6) is 1.96. The van der Waals surface area contributed by atoms with Crippen LogP contribution in [0.25, 0.3) is 0 Å². The molecule has 3 saturated carbocycles. The van der Waals surface area contributed by atoms with Crippen molar-refractivity contribution in [1.29, 1.82) is 0 Å². The van der Waals surface area contributed by atoms with E-state index in [4.69, 9.17) is 4.74 Å². The van der Waals surface area contributed by atoms with E-state index < -0.39 is 5.60 Å². The van der Waals surface area contributed by atoms with E-state index >= 15 is 0 Å². The molecule has 3 rings (SSSR count). The zero-order valence-electron chi connectivity index (χ0n) is 14.4. The Labute approximate surface area is 134 Å². The maximum Gasteiger partial charge on any atom is 0.407 e. The summed E-state index contributed by atoms with van der Waals surface area (Å²) in [7, 11) is 0. The first-order valence-electron chi connectivity index (χ1n) is 9.16. The van der Waals surface area contributed by atoms with E-state index in [1.165, 1.54) is 44.9 Å². The summed E-state index contributed by atoms with van der Waals surface area (Å²) in [4.78, 5) is 11.8. The lowest BCUT2D eigenvalue weighted by molar-refractivity contribution is 0.0521. The van der Waals surface area contributed by atoms with Gasteiger partial charge in [0.25, 0.3) is 0 Å². The Kier molecular flexibility index (Phi) is 4.67. The Hall–Kier alpha value is -0.770. The van der Waals surface area contributed by atoms with Crippen LogP contribution in [0.5, 0.6) is 0 Å². The summed E-state index contributed by atoms with van der Waals surface area (Å²) in [5.41, 5.74) is -0.415. The minimum Gasteiger partial charge on any atom is -0.444 e. The molecule has 0 aromatic rings. The molecule has 22 heavy (non-hydrogen) atoms. The zero-order chi connectivity index (χ0) is 15.7. The molecule has 5 atom stereocenters. The standard InChI is InChI=1S/C18H32N2O2/c1-18(2,3)22-17(21)20-16-11-15(16)19-14-9-8-12-6-4-5-7-13(12)10-14/h12-16,19H,4-11H2,1-3H3,(H,20,21). The van der Waals surface area contributed by atoms with Gasteiger partial charge in [-0.2, -0.15) is 0 Å². The number of alkyl carbamates (subject to hydrolysis) is 1. The van der Waals surface area contributed by atoms with Crippen LogP contribution < -0.4 is 10.6 Å². The molecule has 2 N–H and O–H groups in total. The average Bonchev–Trinajstić information content (AvgIpc) is 3.14. The van der Waals surface area contributed by atoms with Crippen molar-refractivity contribution in [2.24, 2.45) is 11.8 Å². The van der Waals surface area contributed by atoms with Crippen LogP contribution in [0.4, 0.5) is 4.79 Å². The summed E-state index contributed by atoms with van der Waals surface area (Å²) in [6.07, 6.45) is 10.6. The van der Waals surface area contributed by atoms with Crippen molar-refractivity contribution in [3.63, 3.8) is 0 Å². The molecular weight excluding hydrogens is 276 g/mol. The second kappa shape index (κ2) is 6.38. The lowest BCUT2D eigenvalue weighted by atomic mass is 9.69. The van der Waals surface area contributed by atoms with Crippen molar-refractivity contribution >= 4 is 6.09 Å². The van der Waals surface area contributed by atoms with Crippen LogP contribution in [0.15, 0.2) is 0 Å². The molecule has 1 amide bonds. The van der Waals surface area contributed by atoms with E-state index in [0.29, 0.717) is 12.1 Å². The predicted molar refractivity (Wildman–Crippen MR) is 87.8 cm³/mol. The Morgan fingerprint density at radius 2 is 1.68 bits per heavy atom. The third-order valence-electron chi connectivity index (χ3n) is 5.48. The smallest absolute Gasteiger partial charge is 0.407 e. The van der Waals surface area contributed by atoms with Gasteiger partial charge in [0.15, 0.2) is 0 Å². The summed E-state index contributed by atoms with van der Waals surface area (Å²) >= 11 is 0. The van der Waals surface area contributed by atoms with Crippen molar-refractivity contribution in [2.75, 3.05) is 0 Å². The molecule has 5 unspecified atom stereocenters. The summed E-state index contributed by atoms with van der Waals surface area (Å²) in [6.45, 7) is 5.70. The molecule has 4 nitrogen and oxygen atoms in total. The number of carbonyl (C=O) groups is 1. The lowest BCUT2D eigenvalue weighted by Gasteiger charge is -2.39. The molecular formula is C18H32N2O2. The van der Waals surface area contributed by atoms with Crippen molar-refractivity contribution in [1.82, 2.24) is 10.6 Å². The van der Waals surface area contributed by atoms with Crippen LogP contribution in [0, 0.1) is 11.8 Å². The number of amides is 1. The van der Waals surface area contributed by atoms with Crippen LogP contribution in [0.3, 0.4) is 0 Å². The van der Waals surface area contributed by atoms with Crippen molar-refractivity contribution in [3.05, 3.63) is 0 Å². The molecule has 126 valence electrons. The van der Waals surface area contributed by atoms with Gasteiger partial charge < -0.3 is 15.4 Å². The summed E-state index contributed by atoms with van der Waals surface area (Å²) in [6, 6.07) is 1.38. The molecule has 0 saturated heterocycles. The van der Waals surface area contributed by atoms with E-state index in [-0.39, 0.29) is 12.1 Å². The average molecular weight is 308 g/mol. The van der Waals surface area contributed by atoms with Gasteiger partial charge in [-0.3, -0.25) is 0 Å². The first kappa shape index (κ1) is 16.1. The second-order valence-corrected chi connectivity index (χ2v) is 8.58. The number of hydrogen-bond acceptors (Lipinski definition) is 3. The van der Waals surface area contributed by atoms with Crippen LogP contribution in [-0.2, 0) is 4.74 Å². The highest BCUT2D eigenvalue weighted by Crippen LogP contribution is 2.41. The molecule has 0 bridgehead atoms. The number of nitrogens with one attached hydrogen (secondary N) is 2. The highest BCUT2D eigenvalue weighted by atomic mass is 16.6. The third-order valence-corrected chi connectivity index (χ3v) is 5.48. The Balaban J connectivity index is 1.38. The number of hydrogen-bond donors (Lipinski definition) is 2. The van der Waals surface area contributed by atoms with Gasteiger partial charge in [0.1, 0.15) is 5.60 Å². The normalized spacial score (nSPS) is 38.0. The van der Waals surface area contributed by atoms with Gasteiger partial charge in [-0.15, -0.1) is 0 Å². The number of ether oxygens (including phenoxy) is 1. The van der Waals surface area contributed by atoms with Crippen molar-refractivity contribution < 1.29 is 9.53 Å². The van der Waals surface area contributed by atoms with Crippen LogP contribution in [-0.4, -0.2) is 29.8 Å². The van der Waals surface area contributed by atoms with Gasteiger partial charge in [0.2, 0.25) is 0 Å². The minimum absolute atomic E-state index is 0.263. The number of carbonyl (C=O) groups excluding carboxylic acids is 1. The van der Waals surface area contributed by atoms with Gasteiger partial charge in [0, 0.05) is 18.1 Å². The first-order valence-corrected chi connectivity index (χ1v) is 9.16. The largest absolute Gasteiger partial charge is 0.444 e. The minimum atomic E-state index is -0.415. The third kappa shape index (κ3) is 4.37. The van der Waals surface area contributed by atoms with E-state index in [1.54, 1.807) is 0 Å². The van der Waals surface area contributed by atoms with Crippen molar-refractivity contribution in [3.8, 4) is 0 Å². The van der Waals surface area contributed by atoms with Gasteiger partial charge in [0.05, 0.1) is 0 Å². The quantitative estimate of drug-likeness (QED) is 0.837. The van der Waals surface area contributed by atoms with Crippen molar-refractivity contribution in [2.45, 2.75) is 95.9 Å². The maximum atomic E-state index is 11.8. The van der Waals surface area contributed by atoms with E-state index in [9.17, 15) is 4.79 Å². The maximum absolute atomic E-state index is 11.8. The van der Waals surface area contributed by atoms with Crippen LogP contribution in [0.1, 0.15) is 72.1 Å². The molecule has 0 spiro atoms. The molecule has 0 aliphatic heterocycles. The molecule has 0 radical (unpaired) electrons. The molecule has 0 heterocycles. The topological polar surface area (TPSA) is 50.4 Å². The molecule has 0 aromatic carbocycles. The molecule has 4 heteroatoms. The predicted octanol–water partition coefficient (Wildman–Crippen LogP) is 3.60. The molecule has 3 aliphatic carbocycles. The fourth-order valence-corrected chi connectivity index (χ4v) is 4.33. The fraction of sp³-hybridized carbons (Fsp3) is 0.944. The van der Waals surface area contributed by atoms with Crippen LogP contribution in [0.2, 0.25) is 0 Å².